The Morgan fingerprint density at radius 1 is 1.15 bits per heavy atom. The van der Waals surface area contributed by atoms with Gasteiger partial charge in [-0.15, -0.1) is 0 Å². The van der Waals surface area contributed by atoms with Gasteiger partial charge in [0.05, 0.1) is 12.6 Å². The number of benzene rings is 2. The summed E-state index contributed by atoms with van der Waals surface area (Å²) in [6.07, 6.45) is 0.916. The molecule has 0 spiro atoms. The molecule has 1 aromatic heterocycles. The summed E-state index contributed by atoms with van der Waals surface area (Å²) in [6.45, 7) is 5.16. The molecule has 0 aliphatic heterocycles. The van der Waals surface area contributed by atoms with E-state index >= 15 is 0 Å². The van der Waals surface area contributed by atoms with Crippen molar-refractivity contribution in [3.63, 3.8) is 0 Å². The number of carbonyl (C=O) groups is 1. The molecule has 0 fully saturated rings. The normalized spacial score (nSPS) is 12.2. The van der Waals surface area contributed by atoms with Gasteiger partial charge in [0.2, 0.25) is 0 Å². The Hall–Kier alpha value is -2.79. The topological polar surface area (TPSA) is 54.7 Å². The number of aliphatic hydroxyl groups is 1. The van der Waals surface area contributed by atoms with Crippen LogP contribution in [0, 0.1) is 0 Å². The Morgan fingerprint density at radius 3 is 2.46 bits per heavy atom. The van der Waals surface area contributed by atoms with Gasteiger partial charge in [0.15, 0.2) is 0 Å². The van der Waals surface area contributed by atoms with Gasteiger partial charge in [-0.05, 0) is 37.6 Å². The summed E-state index contributed by atoms with van der Waals surface area (Å²) < 4.78 is 6.95. The summed E-state index contributed by atoms with van der Waals surface area (Å²) in [5, 5.41) is 11.7. The van der Waals surface area contributed by atoms with E-state index in [9.17, 15) is 9.90 Å². The molecule has 0 bridgehead atoms. The maximum absolute atomic E-state index is 12.9. The van der Waals surface area contributed by atoms with Gasteiger partial charge in [-0.1, -0.05) is 30.3 Å². The van der Waals surface area contributed by atoms with Crippen molar-refractivity contribution in [2.45, 2.75) is 20.0 Å². The number of methoxy groups -OCH3 is 1. The molecule has 0 aliphatic rings. The van der Waals surface area contributed by atoms with Crippen LogP contribution in [-0.4, -0.2) is 40.8 Å². The Balaban J connectivity index is 2.17. The number of hydrogen-bond acceptors (Lipinski definition) is 3. The first-order valence-electron chi connectivity index (χ1n) is 8.82. The van der Waals surface area contributed by atoms with E-state index in [1.165, 1.54) is 0 Å². The summed E-state index contributed by atoms with van der Waals surface area (Å²) >= 11 is 0. The van der Waals surface area contributed by atoms with Crippen LogP contribution in [0.1, 0.15) is 31.1 Å². The van der Waals surface area contributed by atoms with Crippen LogP contribution in [0.5, 0.6) is 5.75 Å². The van der Waals surface area contributed by atoms with E-state index in [4.69, 9.17) is 4.74 Å². The van der Waals surface area contributed by atoms with Gasteiger partial charge in [-0.25, -0.2) is 4.79 Å². The second-order valence-corrected chi connectivity index (χ2v) is 6.11. The molecule has 0 saturated heterocycles. The van der Waals surface area contributed by atoms with E-state index in [0.29, 0.717) is 24.4 Å². The molecule has 1 atom stereocenters. The molecule has 0 aliphatic carbocycles. The second-order valence-electron chi connectivity index (χ2n) is 6.11. The predicted molar refractivity (Wildman–Crippen MR) is 103 cm³/mol. The number of amides is 1. The number of hydrogen-bond donors (Lipinski definition) is 1. The van der Waals surface area contributed by atoms with Crippen LogP contribution in [0.4, 0.5) is 4.79 Å². The highest BCUT2D eigenvalue weighted by Crippen LogP contribution is 2.33. The molecule has 0 saturated carbocycles. The molecular weight excluding hydrogens is 328 g/mol. The summed E-state index contributed by atoms with van der Waals surface area (Å²) in [6, 6.07) is 14.9. The van der Waals surface area contributed by atoms with Crippen LogP contribution in [0.25, 0.3) is 10.9 Å². The quantitative estimate of drug-likeness (QED) is 0.754. The molecule has 1 amide bonds. The highest BCUT2D eigenvalue weighted by Gasteiger charge is 2.22. The summed E-state index contributed by atoms with van der Waals surface area (Å²) in [4.78, 5) is 14.7. The fourth-order valence-corrected chi connectivity index (χ4v) is 3.20. The van der Waals surface area contributed by atoms with Crippen LogP contribution in [0.3, 0.4) is 0 Å². The third kappa shape index (κ3) is 3.18. The van der Waals surface area contributed by atoms with Gasteiger partial charge < -0.3 is 14.7 Å². The Morgan fingerprint density at radius 2 is 1.85 bits per heavy atom. The first kappa shape index (κ1) is 18.0. The number of carbonyl (C=O) groups excluding carboxylic acids is 1. The fraction of sp³-hybridized carbons (Fsp3) is 0.286. The molecule has 1 N–H and O–H groups in total. The predicted octanol–water partition coefficient (Wildman–Crippen LogP) is 4.04. The molecule has 136 valence electrons. The van der Waals surface area contributed by atoms with Crippen molar-refractivity contribution in [1.29, 1.82) is 0 Å². The third-order valence-electron chi connectivity index (χ3n) is 4.69. The zero-order valence-electron chi connectivity index (χ0n) is 15.3. The Bertz CT molecular complexity index is 898. The SMILES string of the molecule is CCN(CC)C(=O)n1cc(C(O)c2ccccc2)c2cc(OC)ccc21. The molecule has 1 unspecified atom stereocenters. The average molecular weight is 352 g/mol. The average Bonchev–Trinajstić information content (AvgIpc) is 3.07. The van der Waals surface area contributed by atoms with Crippen LogP contribution in [-0.2, 0) is 0 Å². The number of nitrogens with zero attached hydrogens (tertiary/aromatic N) is 2. The summed E-state index contributed by atoms with van der Waals surface area (Å²) in [7, 11) is 1.60. The van der Waals surface area contributed by atoms with Gasteiger partial charge in [0, 0.05) is 30.2 Å². The monoisotopic (exact) mass is 352 g/mol. The third-order valence-corrected chi connectivity index (χ3v) is 4.69. The largest absolute Gasteiger partial charge is 0.497 e. The molecule has 1 heterocycles. The zero-order valence-corrected chi connectivity index (χ0v) is 15.3. The van der Waals surface area contributed by atoms with Gasteiger partial charge in [0.1, 0.15) is 11.9 Å². The maximum atomic E-state index is 12.9. The van der Waals surface area contributed by atoms with Crippen molar-refractivity contribution in [1.82, 2.24) is 9.47 Å². The van der Waals surface area contributed by atoms with E-state index in [2.05, 4.69) is 0 Å². The van der Waals surface area contributed by atoms with Crippen LogP contribution >= 0.6 is 0 Å². The molecular formula is C21H24N2O3. The van der Waals surface area contributed by atoms with Gasteiger partial charge >= 0.3 is 6.03 Å². The molecule has 2 aromatic carbocycles. The highest BCUT2D eigenvalue weighted by atomic mass is 16.5. The molecule has 0 radical (unpaired) electrons. The first-order valence-corrected chi connectivity index (χ1v) is 8.82. The van der Waals surface area contributed by atoms with Crippen LogP contribution in [0.2, 0.25) is 0 Å². The number of aromatic nitrogens is 1. The lowest BCUT2D eigenvalue weighted by Crippen LogP contribution is -2.33. The minimum Gasteiger partial charge on any atom is -0.497 e. The Labute approximate surface area is 153 Å². The lowest BCUT2D eigenvalue weighted by molar-refractivity contribution is 0.205. The molecule has 3 aromatic rings. The molecule has 3 rings (SSSR count). The highest BCUT2D eigenvalue weighted by molar-refractivity contribution is 5.95. The van der Waals surface area contributed by atoms with Gasteiger partial charge in [-0.3, -0.25) is 4.57 Å². The summed E-state index contributed by atoms with van der Waals surface area (Å²) in [5.41, 5.74) is 2.22. The van der Waals surface area contributed by atoms with Crippen molar-refractivity contribution < 1.29 is 14.6 Å². The van der Waals surface area contributed by atoms with E-state index in [-0.39, 0.29) is 6.03 Å². The van der Waals surface area contributed by atoms with Crippen molar-refractivity contribution in [2.24, 2.45) is 0 Å². The van der Waals surface area contributed by atoms with Gasteiger partial charge in [-0.2, -0.15) is 0 Å². The molecule has 26 heavy (non-hydrogen) atoms. The van der Waals surface area contributed by atoms with E-state index < -0.39 is 6.10 Å². The van der Waals surface area contributed by atoms with E-state index in [0.717, 1.165) is 16.5 Å². The summed E-state index contributed by atoms with van der Waals surface area (Å²) in [5.74, 6) is 0.687. The van der Waals surface area contributed by atoms with E-state index in [1.807, 2.05) is 62.4 Å². The van der Waals surface area contributed by atoms with Crippen molar-refractivity contribution >= 4 is 16.9 Å². The second kappa shape index (κ2) is 7.62. The Kier molecular flexibility index (Phi) is 5.28. The van der Waals surface area contributed by atoms with Crippen molar-refractivity contribution in [3.05, 3.63) is 65.9 Å². The van der Waals surface area contributed by atoms with Crippen LogP contribution < -0.4 is 4.74 Å². The number of ether oxygens (including phenoxy) is 1. The maximum Gasteiger partial charge on any atom is 0.328 e. The minimum atomic E-state index is -0.823. The minimum absolute atomic E-state index is 0.100. The zero-order chi connectivity index (χ0) is 18.7. The van der Waals surface area contributed by atoms with Gasteiger partial charge in [0.25, 0.3) is 0 Å². The number of aliphatic hydroxyl groups excluding tert-OH is 1. The standard InChI is InChI=1S/C21H24N2O3/c1-4-22(5-2)21(25)23-14-18(20(24)15-9-7-6-8-10-15)17-13-16(26-3)11-12-19(17)23/h6-14,20,24H,4-5H2,1-3H3. The number of fused-ring (bicyclic) bond motifs is 1. The molecule has 5 nitrogen and oxygen atoms in total. The molecule has 5 heteroatoms. The van der Waals surface area contributed by atoms with Crippen molar-refractivity contribution in [3.8, 4) is 5.75 Å². The first-order chi connectivity index (χ1) is 12.6. The number of rotatable bonds is 5. The van der Waals surface area contributed by atoms with E-state index in [1.54, 1.807) is 22.8 Å². The smallest absolute Gasteiger partial charge is 0.328 e. The van der Waals surface area contributed by atoms with Crippen molar-refractivity contribution in [2.75, 3.05) is 20.2 Å². The van der Waals surface area contributed by atoms with Crippen LogP contribution in [0.15, 0.2) is 54.7 Å². The lowest BCUT2D eigenvalue weighted by Gasteiger charge is -2.19. The fourth-order valence-electron chi connectivity index (χ4n) is 3.20. The lowest BCUT2D eigenvalue weighted by atomic mass is 10.0.